The van der Waals surface area contributed by atoms with E-state index in [1.54, 1.807) is 12.3 Å². The third-order valence-corrected chi connectivity index (χ3v) is 3.01. The Bertz CT molecular complexity index is 554. The molecule has 1 heterocycles. The zero-order chi connectivity index (χ0) is 13.1. The first-order valence-corrected chi connectivity index (χ1v) is 6.25. The predicted molar refractivity (Wildman–Crippen MR) is 77.5 cm³/mol. The van der Waals surface area contributed by atoms with E-state index in [4.69, 9.17) is 17.3 Å². The maximum absolute atomic E-state index is 6.21. The maximum atomic E-state index is 6.21. The highest BCUT2D eigenvalue weighted by Crippen LogP contribution is 2.30. The minimum absolute atomic E-state index is 0.568. The highest BCUT2D eigenvalue weighted by Gasteiger charge is 2.12. The van der Waals surface area contributed by atoms with Crippen molar-refractivity contribution in [2.45, 2.75) is 13.8 Å². The van der Waals surface area contributed by atoms with Crippen molar-refractivity contribution in [2.75, 3.05) is 17.2 Å². The fraction of sp³-hybridized carbons (Fsp3) is 0.214. The van der Waals surface area contributed by atoms with E-state index in [0.29, 0.717) is 10.7 Å². The molecule has 94 valence electrons. The van der Waals surface area contributed by atoms with E-state index in [9.17, 15) is 0 Å². The van der Waals surface area contributed by atoms with E-state index in [-0.39, 0.29) is 0 Å². The molecule has 0 saturated heterocycles. The number of halogens is 1. The van der Waals surface area contributed by atoms with Gasteiger partial charge in [-0.3, -0.25) is 0 Å². The summed E-state index contributed by atoms with van der Waals surface area (Å²) in [6.07, 6.45) is 1.62. The van der Waals surface area contributed by atoms with E-state index in [1.165, 1.54) is 5.56 Å². The quantitative estimate of drug-likeness (QED) is 0.914. The van der Waals surface area contributed by atoms with E-state index in [1.807, 2.05) is 12.1 Å². The number of pyridine rings is 1. The molecule has 2 N–H and O–H groups in total. The van der Waals surface area contributed by atoms with Crippen LogP contribution in [0.4, 0.5) is 17.2 Å². The van der Waals surface area contributed by atoms with Crippen molar-refractivity contribution >= 4 is 28.8 Å². The van der Waals surface area contributed by atoms with Crippen LogP contribution in [0.1, 0.15) is 12.5 Å². The maximum Gasteiger partial charge on any atom is 0.151 e. The van der Waals surface area contributed by atoms with Crippen molar-refractivity contribution in [1.29, 1.82) is 0 Å². The number of benzene rings is 1. The van der Waals surface area contributed by atoms with Gasteiger partial charge in [0.25, 0.3) is 0 Å². The van der Waals surface area contributed by atoms with Crippen molar-refractivity contribution in [3.05, 3.63) is 47.1 Å². The first-order chi connectivity index (χ1) is 8.61. The van der Waals surface area contributed by atoms with Crippen LogP contribution in [0.3, 0.4) is 0 Å². The topological polar surface area (TPSA) is 42.2 Å². The molecule has 0 spiro atoms. The minimum atomic E-state index is 0.568. The fourth-order valence-electron chi connectivity index (χ4n) is 1.89. The predicted octanol–water partition coefficient (Wildman–Crippen LogP) is 3.78. The van der Waals surface area contributed by atoms with Gasteiger partial charge in [0, 0.05) is 12.2 Å². The third-order valence-electron chi connectivity index (χ3n) is 2.73. The van der Waals surface area contributed by atoms with Gasteiger partial charge in [-0.25, -0.2) is 4.98 Å². The summed E-state index contributed by atoms with van der Waals surface area (Å²) in [4.78, 5) is 6.39. The van der Waals surface area contributed by atoms with Crippen molar-refractivity contribution in [2.24, 2.45) is 0 Å². The summed E-state index contributed by atoms with van der Waals surface area (Å²) < 4.78 is 0. The molecule has 0 saturated carbocycles. The summed E-state index contributed by atoms with van der Waals surface area (Å²) in [5, 5.41) is 0.568. The standard InChI is InChI=1S/C14H16ClN3/c1-3-18(12-6-4-5-10(2)7-12)14-13(15)8-11(16)9-17-14/h4-9H,3,16H2,1-2H3. The van der Waals surface area contributed by atoms with Crippen molar-refractivity contribution in [3.8, 4) is 0 Å². The van der Waals surface area contributed by atoms with Gasteiger partial charge in [0.15, 0.2) is 5.82 Å². The Labute approximate surface area is 112 Å². The molecule has 0 atom stereocenters. The lowest BCUT2D eigenvalue weighted by Crippen LogP contribution is -2.18. The second-order valence-electron chi connectivity index (χ2n) is 4.16. The molecule has 3 nitrogen and oxygen atoms in total. The number of anilines is 3. The number of nitrogens with two attached hydrogens (primary N) is 1. The molecule has 0 aliphatic rings. The second kappa shape index (κ2) is 5.27. The van der Waals surface area contributed by atoms with Crippen LogP contribution in [-0.2, 0) is 0 Å². The van der Waals surface area contributed by atoms with Crippen LogP contribution in [0.25, 0.3) is 0 Å². The lowest BCUT2D eigenvalue weighted by atomic mass is 10.2. The Kier molecular flexibility index (Phi) is 3.72. The molecule has 0 fully saturated rings. The molecule has 4 heteroatoms. The van der Waals surface area contributed by atoms with Crippen LogP contribution >= 0.6 is 11.6 Å². The number of rotatable bonds is 3. The van der Waals surface area contributed by atoms with Crippen LogP contribution in [0.5, 0.6) is 0 Å². The first kappa shape index (κ1) is 12.7. The molecular weight excluding hydrogens is 246 g/mol. The van der Waals surface area contributed by atoms with Gasteiger partial charge in [-0.15, -0.1) is 0 Å². The highest BCUT2D eigenvalue weighted by molar-refractivity contribution is 6.33. The molecule has 0 aliphatic carbocycles. The zero-order valence-electron chi connectivity index (χ0n) is 10.5. The molecular formula is C14H16ClN3. The molecule has 0 radical (unpaired) electrons. The molecule has 0 aliphatic heterocycles. The largest absolute Gasteiger partial charge is 0.397 e. The van der Waals surface area contributed by atoms with Crippen LogP contribution < -0.4 is 10.6 Å². The summed E-state index contributed by atoms with van der Waals surface area (Å²) in [5.41, 5.74) is 8.53. The molecule has 0 bridgehead atoms. The second-order valence-corrected chi connectivity index (χ2v) is 4.56. The zero-order valence-corrected chi connectivity index (χ0v) is 11.3. The smallest absolute Gasteiger partial charge is 0.151 e. The van der Waals surface area contributed by atoms with Gasteiger partial charge in [-0.05, 0) is 37.6 Å². The molecule has 2 rings (SSSR count). The fourth-order valence-corrected chi connectivity index (χ4v) is 2.17. The van der Waals surface area contributed by atoms with Gasteiger partial charge in [0.05, 0.1) is 16.9 Å². The number of hydrogen-bond donors (Lipinski definition) is 1. The lowest BCUT2D eigenvalue weighted by Gasteiger charge is -2.23. The van der Waals surface area contributed by atoms with E-state index >= 15 is 0 Å². The average Bonchev–Trinajstić information content (AvgIpc) is 2.33. The molecule has 1 aromatic heterocycles. The number of aryl methyl sites for hydroxylation is 1. The Morgan fingerprint density at radius 1 is 1.33 bits per heavy atom. The molecule has 0 unspecified atom stereocenters. The van der Waals surface area contributed by atoms with Crippen molar-refractivity contribution < 1.29 is 0 Å². The summed E-state index contributed by atoms with van der Waals surface area (Å²) in [6, 6.07) is 9.97. The van der Waals surface area contributed by atoms with E-state index in [0.717, 1.165) is 18.1 Å². The van der Waals surface area contributed by atoms with Crippen LogP contribution in [0.15, 0.2) is 36.5 Å². The van der Waals surface area contributed by atoms with Gasteiger partial charge in [0.1, 0.15) is 0 Å². The number of nitrogens with zero attached hydrogens (tertiary/aromatic N) is 2. The Morgan fingerprint density at radius 3 is 2.72 bits per heavy atom. The third kappa shape index (κ3) is 2.57. The number of hydrogen-bond acceptors (Lipinski definition) is 3. The van der Waals surface area contributed by atoms with E-state index in [2.05, 4.69) is 35.9 Å². The normalized spacial score (nSPS) is 10.4. The SMILES string of the molecule is CCN(c1cccc(C)c1)c1ncc(N)cc1Cl. The van der Waals surface area contributed by atoms with Crippen molar-refractivity contribution in [1.82, 2.24) is 4.98 Å². The summed E-state index contributed by atoms with van der Waals surface area (Å²) in [5.74, 6) is 0.735. The van der Waals surface area contributed by atoms with Gasteiger partial charge >= 0.3 is 0 Å². The van der Waals surface area contributed by atoms with E-state index < -0.39 is 0 Å². The van der Waals surface area contributed by atoms with Gasteiger partial charge in [-0.2, -0.15) is 0 Å². The Balaban J connectivity index is 2.45. The monoisotopic (exact) mass is 261 g/mol. The lowest BCUT2D eigenvalue weighted by molar-refractivity contribution is 0.989. The molecule has 2 aromatic rings. The first-order valence-electron chi connectivity index (χ1n) is 5.87. The van der Waals surface area contributed by atoms with Crippen molar-refractivity contribution in [3.63, 3.8) is 0 Å². The summed E-state index contributed by atoms with van der Waals surface area (Å²) in [7, 11) is 0. The Morgan fingerprint density at radius 2 is 2.11 bits per heavy atom. The van der Waals surface area contributed by atoms with Crippen LogP contribution in [-0.4, -0.2) is 11.5 Å². The summed E-state index contributed by atoms with van der Waals surface area (Å²) >= 11 is 6.21. The average molecular weight is 262 g/mol. The van der Waals surface area contributed by atoms with Crippen LogP contribution in [0, 0.1) is 6.92 Å². The molecule has 0 amide bonds. The number of aromatic nitrogens is 1. The minimum Gasteiger partial charge on any atom is -0.397 e. The van der Waals surface area contributed by atoms with Crippen LogP contribution in [0.2, 0.25) is 5.02 Å². The highest BCUT2D eigenvalue weighted by atomic mass is 35.5. The van der Waals surface area contributed by atoms with Gasteiger partial charge in [-0.1, -0.05) is 23.7 Å². The van der Waals surface area contributed by atoms with Gasteiger partial charge < -0.3 is 10.6 Å². The van der Waals surface area contributed by atoms with Gasteiger partial charge in [0.2, 0.25) is 0 Å². The molecule has 1 aromatic carbocycles. The number of nitrogen functional groups attached to an aromatic ring is 1. The Hall–Kier alpha value is -1.74. The molecule has 18 heavy (non-hydrogen) atoms. The summed E-state index contributed by atoms with van der Waals surface area (Å²) in [6.45, 7) is 4.92.